The molecule has 0 fully saturated rings. The SMILES string of the molecule is COc1ccc(C(n2nnc3ccccc32)C(O)(c2ccccc2)c2ccccc2)cc1. The Kier molecular flexibility index (Phi) is 5.17. The zero-order valence-corrected chi connectivity index (χ0v) is 17.7. The van der Waals surface area contributed by atoms with E-state index in [1.54, 1.807) is 7.11 Å². The molecule has 0 spiro atoms. The Balaban J connectivity index is 1.82. The number of aromatic nitrogens is 3. The largest absolute Gasteiger partial charge is 0.497 e. The smallest absolute Gasteiger partial charge is 0.141 e. The maximum atomic E-state index is 12.6. The highest BCUT2D eigenvalue weighted by molar-refractivity contribution is 5.74. The van der Waals surface area contributed by atoms with Crippen molar-refractivity contribution in [3.05, 3.63) is 126 Å². The van der Waals surface area contributed by atoms with Gasteiger partial charge in [-0.2, -0.15) is 0 Å². The van der Waals surface area contributed by atoms with E-state index in [9.17, 15) is 5.11 Å². The summed E-state index contributed by atoms with van der Waals surface area (Å²) in [5.74, 6) is 0.749. The van der Waals surface area contributed by atoms with E-state index in [4.69, 9.17) is 4.74 Å². The summed E-state index contributed by atoms with van der Waals surface area (Å²) in [5, 5.41) is 21.5. The van der Waals surface area contributed by atoms with Gasteiger partial charge >= 0.3 is 0 Å². The molecule has 0 saturated heterocycles. The minimum atomic E-state index is -1.41. The van der Waals surface area contributed by atoms with E-state index in [0.717, 1.165) is 33.5 Å². The third-order valence-electron chi connectivity index (χ3n) is 5.88. The molecule has 0 aliphatic rings. The molecule has 5 rings (SSSR count). The predicted molar refractivity (Wildman–Crippen MR) is 125 cm³/mol. The standard InChI is InChI=1S/C27H23N3O2/c1-32-23-18-16-20(17-19-23)26(30-25-15-9-8-14-24(25)28-29-30)27(31,21-10-4-2-5-11-21)22-12-6-3-7-13-22/h2-19,26,31H,1H3. The molecule has 1 unspecified atom stereocenters. The second-order valence-corrected chi connectivity index (χ2v) is 7.70. The van der Waals surface area contributed by atoms with Crippen molar-refractivity contribution in [3.63, 3.8) is 0 Å². The highest BCUT2D eigenvalue weighted by atomic mass is 16.5. The van der Waals surface area contributed by atoms with Gasteiger partial charge in [0.05, 0.1) is 12.6 Å². The Bertz CT molecular complexity index is 1280. The van der Waals surface area contributed by atoms with Crippen LogP contribution in [0.15, 0.2) is 109 Å². The molecule has 0 aliphatic carbocycles. The van der Waals surface area contributed by atoms with Crippen molar-refractivity contribution in [2.45, 2.75) is 11.6 Å². The van der Waals surface area contributed by atoms with Gasteiger partial charge in [-0.05, 0) is 41.0 Å². The first-order valence-electron chi connectivity index (χ1n) is 10.5. The van der Waals surface area contributed by atoms with E-state index < -0.39 is 11.6 Å². The Morgan fingerprint density at radius 1 is 0.750 bits per heavy atom. The van der Waals surface area contributed by atoms with Crippen LogP contribution in [-0.2, 0) is 5.60 Å². The van der Waals surface area contributed by atoms with Crippen LogP contribution in [0.2, 0.25) is 0 Å². The molecule has 1 heterocycles. The molecule has 0 bridgehead atoms. The Hall–Kier alpha value is -3.96. The molecule has 5 aromatic rings. The third-order valence-corrected chi connectivity index (χ3v) is 5.88. The van der Waals surface area contributed by atoms with Gasteiger partial charge in [-0.3, -0.25) is 0 Å². The lowest BCUT2D eigenvalue weighted by Gasteiger charge is -2.37. The van der Waals surface area contributed by atoms with Crippen LogP contribution in [0.25, 0.3) is 11.0 Å². The van der Waals surface area contributed by atoms with Gasteiger partial charge < -0.3 is 9.84 Å². The van der Waals surface area contributed by atoms with Crippen LogP contribution in [-0.4, -0.2) is 27.2 Å². The fourth-order valence-electron chi connectivity index (χ4n) is 4.29. The number of para-hydroxylation sites is 1. The molecule has 5 nitrogen and oxygen atoms in total. The summed E-state index contributed by atoms with van der Waals surface area (Å²) in [6.07, 6.45) is 0. The Morgan fingerprint density at radius 2 is 1.31 bits per heavy atom. The zero-order chi connectivity index (χ0) is 22.0. The molecule has 0 amide bonds. The van der Waals surface area contributed by atoms with Gasteiger partial charge in [0.25, 0.3) is 0 Å². The minimum absolute atomic E-state index is 0.578. The Labute approximate surface area is 186 Å². The van der Waals surface area contributed by atoms with Crippen LogP contribution in [0.1, 0.15) is 22.7 Å². The first kappa shape index (κ1) is 20.0. The number of hydrogen-bond acceptors (Lipinski definition) is 4. The van der Waals surface area contributed by atoms with Crippen molar-refractivity contribution in [3.8, 4) is 5.75 Å². The summed E-state index contributed by atoms with van der Waals surface area (Å²) in [5.41, 5.74) is 2.64. The number of rotatable bonds is 6. The molecule has 0 aliphatic heterocycles. The molecule has 1 aromatic heterocycles. The summed E-state index contributed by atoms with van der Waals surface area (Å²) in [6.45, 7) is 0. The van der Waals surface area contributed by atoms with Crippen LogP contribution < -0.4 is 4.74 Å². The molecule has 1 atom stereocenters. The topological polar surface area (TPSA) is 60.2 Å². The van der Waals surface area contributed by atoms with Crippen molar-refractivity contribution in [2.24, 2.45) is 0 Å². The van der Waals surface area contributed by atoms with Crippen molar-refractivity contribution >= 4 is 11.0 Å². The van der Waals surface area contributed by atoms with Crippen LogP contribution >= 0.6 is 0 Å². The minimum Gasteiger partial charge on any atom is -0.497 e. The maximum absolute atomic E-state index is 12.6. The molecule has 5 heteroatoms. The van der Waals surface area contributed by atoms with Gasteiger partial charge in [0, 0.05) is 0 Å². The van der Waals surface area contributed by atoms with Crippen LogP contribution in [0, 0.1) is 0 Å². The number of methoxy groups -OCH3 is 1. The lowest BCUT2D eigenvalue weighted by atomic mass is 9.77. The Morgan fingerprint density at radius 3 is 1.91 bits per heavy atom. The van der Waals surface area contributed by atoms with Gasteiger partial charge in [-0.15, -0.1) is 5.10 Å². The fraction of sp³-hybridized carbons (Fsp3) is 0.111. The van der Waals surface area contributed by atoms with Gasteiger partial charge in [-0.25, -0.2) is 4.68 Å². The molecule has 4 aromatic carbocycles. The van der Waals surface area contributed by atoms with Crippen molar-refractivity contribution in [1.29, 1.82) is 0 Å². The highest BCUT2D eigenvalue weighted by Gasteiger charge is 2.43. The van der Waals surface area contributed by atoms with E-state index in [1.165, 1.54) is 0 Å². The molecule has 158 valence electrons. The van der Waals surface area contributed by atoms with E-state index in [2.05, 4.69) is 10.3 Å². The van der Waals surface area contributed by atoms with Crippen molar-refractivity contribution < 1.29 is 9.84 Å². The molecule has 1 N–H and O–H groups in total. The first-order chi connectivity index (χ1) is 15.7. The van der Waals surface area contributed by atoms with Crippen LogP contribution in [0.3, 0.4) is 0 Å². The van der Waals surface area contributed by atoms with E-state index in [-0.39, 0.29) is 0 Å². The number of benzene rings is 4. The van der Waals surface area contributed by atoms with Crippen molar-refractivity contribution in [1.82, 2.24) is 15.0 Å². The number of ether oxygens (including phenoxy) is 1. The van der Waals surface area contributed by atoms with Gasteiger partial charge in [0.2, 0.25) is 0 Å². The summed E-state index contributed by atoms with van der Waals surface area (Å²) < 4.78 is 7.18. The predicted octanol–water partition coefficient (Wildman–Crippen LogP) is 4.97. The second-order valence-electron chi connectivity index (χ2n) is 7.70. The highest BCUT2D eigenvalue weighted by Crippen LogP contribution is 2.44. The number of aliphatic hydroxyl groups is 1. The summed E-state index contributed by atoms with van der Waals surface area (Å²) >= 11 is 0. The van der Waals surface area contributed by atoms with Crippen molar-refractivity contribution in [2.75, 3.05) is 7.11 Å². The van der Waals surface area contributed by atoms with E-state index in [1.807, 2.05) is 114 Å². The second kappa shape index (κ2) is 8.29. The molecule has 0 radical (unpaired) electrons. The molecule has 0 saturated carbocycles. The zero-order valence-electron chi connectivity index (χ0n) is 17.7. The van der Waals surface area contributed by atoms with E-state index in [0.29, 0.717) is 0 Å². The average Bonchev–Trinajstić information content (AvgIpc) is 3.29. The molecular formula is C27H23N3O2. The van der Waals surface area contributed by atoms with E-state index >= 15 is 0 Å². The number of hydrogen-bond donors (Lipinski definition) is 1. The van der Waals surface area contributed by atoms with Gasteiger partial charge in [0.15, 0.2) is 0 Å². The molecular weight excluding hydrogens is 398 g/mol. The van der Waals surface area contributed by atoms with Crippen LogP contribution in [0.5, 0.6) is 5.75 Å². The number of nitrogens with zero attached hydrogens (tertiary/aromatic N) is 3. The number of fused-ring (bicyclic) bond motifs is 1. The fourth-order valence-corrected chi connectivity index (χ4v) is 4.29. The molecule has 32 heavy (non-hydrogen) atoms. The normalized spacial score (nSPS) is 12.6. The summed E-state index contributed by atoms with van der Waals surface area (Å²) in [4.78, 5) is 0. The first-order valence-corrected chi connectivity index (χ1v) is 10.5. The third kappa shape index (κ3) is 3.33. The average molecular weight is 422 g/mol. The monoisotopic (exact) mass is 421 g/mol. The summed E-state index contributed by atoms with van der Waals surface area (Å²) in [6, 6.07) is 34.4. The lowest BCUT2D eigenvalue weighted by Crippen LogP contribution is -2.39. The van der Waals surface area contributed by atoms with Gasteiger partial charge in [0.1, 0.15) is 22.9 Å². The van der Waals surface area contributed by atoms with Crippen LogP contribution in [0.4, 0.5) is 0 Å². The lowest BCUT2D eigenvalue weighted by molar-refractivity contribution is 0.0346. The van der Waals surface area contributed by atoms with Gasteiger partial charge in [-0.1, -0.05) is 90.1 Å². The quantitative estimate of drug-likeness (QED) is 0.421. The summed E-state index contributed by atoms with van der Waals surface area (Å²) in [7, 11) is 1.64. The maximum Gasteiger partial charge on any atom is 0.141 e.